The average Bonchev–Trinajstić information content (AvgIpc) is 3.58. The first kappa shape index (κ1) is 63.7. The number of halogens is 15. The summed E-state index contributed by atoms with van der Waals surface area (Å²) < 4.78 is 180. The molecule has 0 fully saturated rings. The molecule has 1 aliphatic carbocycles. The minimum atomic E-state index is -2.21. The number of allylic oxidation sites excluding steroid dienone is 5. The molecule has 0 heterocycles. The fourth-order valence-electron chi connectivity index (χ4n) is 6.51. The van der Waals surface area contributed by atoms with Crippen molar-refractivity contribution >= 4 is 43.6 Å². The Balaban J connectivity index is 0.000000218. The maximum absolute atomic E-state index is 13.6. The number of nitriles is 2. The van der Waals surface area contributed by atoms with Gasteiger partial charge in [-0.25, -0.2) is 81.7 Å². The number of nitrogens with zero attached hydrogens (tertiary/aromatic N) is 4. The Morgan fingerprint density at radius 1 is 0.487 bits per heavy atom. The number of hydrogen-bond donors (Lipinski definition) is 0. The first-order chi connectivity index (χ1) is 38.0. The quantitative estimate of drug-likeness (QED) is 0.0431. The minimum Gasteiger partial charge on any atom is -0.226 e. The highest BCUT2D eigenvalue weighted by Crippen LogP contribution is 2.30. The Morgan fingerprint density at radius 3 is 1.12 bits per heavy atom. The van der Waals surface area contributed by atoms with Crippen LogP contribution in [-0.2, 0) is 0 Å². The molecule has 8 rings (SSSR count). The summed E-state index contributed by atoms with van der Waals surface area (Å²) in [5, 5.41) is 14.1. The summed E-state index contributed by atoms with van der Waals surface area (Å²) >= 11 is -0.0167. The largest absolute Gasteiger partial charge is 0.357 e. The van der Waals surface area contributed by atoms with Gasteiger partial charge in [-0.1, -0.05) is 80.1 Å². The summed E-state index contributed by atoms with van der Waals surface area (Å²) in [6, 6.07) is 41.4. The molecule has 80 heavy (non-hydrogen) atoms. The van der Waals surface area contributed by atoms with E-state index in [0.717, 1.165) is 12.1 Å². The second-order valence-electron chi connectivity index (χ2n) is 16.2. The lowest BCUT2D eigenvalue weighted by Gasteiger charge is -2.08. The molecular weight excluding hydrogens is 1180 g/mol. The lowest BCUT2D eigenvalue weighted by Crippen LogP contribution is -3.61. The van der Waals surface area contributed by atoms with Crippen LogP contribution in [0.5, 0.6) is 0 Å². The standard InChI is InChI=1S/C19H15.C16H18I.C12F4N4.2C6BF5/c1-4-10-16(11-5-1)19(17-12-6-2-7-13-17)18-14-8-3-9-15-18;1-12(2)14-6-10-16(11-7-14)17-15-8-4-13(3)5-9-15;1-19-5(3-17)7-9(13)11(15)8(6(4-18)20-2)12(16)10(7)14;2*7-1-2(8)4(10)6(12)5(11)3(1)9/h1-15H;4-12H,1-3H3;;;/q2*+1;;;. The van der Waals surface area contributed by atoms with E-state index < -0.39 is 114 Å². The summed E-state index contributed by atoms with van der Waals surface area (Å²) in [6.45, 7) is 19.7. The summed E-state index contributed by atoms with van der Waals surface area (Å²) in [6.07, 6.45) is 10.5. The summed E-state index contributed by atoms with van der Waals surface area (Å²) in [5.74, 6) is -28.0. The van der Waals surface area contributed by atoms with Crippen molar-refractivity contribution in [3.05, 3.63) is 290 Å². The second-order valence-corrected chi connectivity index (χ2v) is 19.2. The van der Waals surface area contributed by atoms with Crippen LogP contribution in [0.1, 0.15) is 42.0 Å². The van der Waals surface area contributed by atoms with Gasteiger partial charge < -0.3 is 0 Å². The highest BCUT2D eigenvalue weighted by Gasteiger charge is 2.25. The second kappa shape index (κ2) is 29.8. The van der Waals surface area contributed by atoms with Crippen LogP contribution >= 0.6 is 0 Å². The molecule has 0 unspecified atom stereocenters. The zero-order valence-electron chi connectivity index (χ0n) is 41.5. The Morgan fingerprint density at radius 2 is 0.825 bits per heavy atom. The first-order valence-electron chi connectivity index (χ1n) is 22.5. The van der Waals surface area contributed by atoms with Crippen LogP contribution in [0.3, 0.4) is 0 Å². The number of hydrogen-bond acceptors (Lipinski definition) is 2. The van der Waals surface area contributed by atoms with Crippen LogP contribution in [0.4, 0.5) is 61.5 Å². The average molecular weight is 1210 g/mol. The molecule has 0 spiro atoms. The van der Waals surface area contributed by atoms with E-state index in [9.17, 15) is 61.5 Å². The van der Waals surface area contributed by atoms with Crippen molar-refractivity contribution in [3.8, 4) is 12.1 Å². The van der Waals surface area contributed by atoms with Crippen LogP contribution in [0.2, 0.25) is 0 Å². The topological polar surface area (TPSA) is 56.3 Å². The van der Waals surface area contributed by atoms with E-state index >= 15 is 0 Å². The molecule has 0 N–H and O–H groups in total. The minimum absolute atomic E-state index is 0.0167. The zero-order valence-corrected chi connectivity index (χ0v) is 43.6. The monoisotopic (exact) mass is 1210 g/mol. The van der Waals surface area contributed by atoms with Crippen LogP contribution in [-0.4, -0.2) is 15.7 Å². The maximum atomic E-state index is 13.6. The van der Waals surface area contributed by atoms with Gasteiger partial charge in [-0.05, 0) is 77.9 Å². The molecule has 0 amide bonds. The van der Waals surface area contributed by atoms with Crippen molar-refractivity contribution in [1.82, 2.24) is 0 Å². The van der Waals surface area contributed by atoms with Gasteiger partial charge in [0.2, 0.25) is 0 Å². The lowest BCUT2D eigenvalue weighted by molar-refractivity contribution is -0.597. The summed E-state index contributed by atoms with van der Waals surface area (Å²) in [7, 11) is 9.11. The molecule has 0 bridgehead atoms. The normalized spacial score (nSPS) is 10.8. The lowest BCUT2D eigenvalue weighted by atomic mass is 9.90. The molecule has 0 saturated heterocycles. The molecule has 4 radical (unpaired) electrons. The predicted octanol–water partition coefficient (Wildman–Crippen LogP) is 9.76. The highest BCUT2D eigenvalue weighted by molar-refractivity contribution is 6.33. The predicted molar refractivity (Wildman–Crippen MR) is 271 cm³/mol. The van der Waals surface area contributed by atoms with Crippen molar-refractivity contribution in [1.29, 1.82) is 10.5 Å². The molecule has 21 heteroatoms. The molecule has 398 valence electrons. The third-order valence-electron chi connectivity index (χ3n) is 10.6. The molecule has 7 aromatic carbocycles. The highest BCUT2D eigenvalue weighted by atomic mass is 127. The molecular formula is C59H33B2F14IN4+2. The molecule has 7 aromatic rings. The van der Waals surface area contributed by atoms with Crippen molar-refractivity contribution < 1.29 is 82.7 Å². The van der Waals surface area contributed by atoms with Crippen LogP contribution in [0, 0.1) is 138 Å². The number of aryl methyl sites for hydroxylation is 1. The Kier molecular flexibility index (Phi) is 23.8. The van der Waals surface area contributed by atoms with Gasteiger partial charge in [-0.2, -0.15) is 0 Å². The third-order valence-corrected chi connectivity index (χ3v) is 13.3. The van der Waals surface area contributed by atoms with Gasteiger partial charge in [0.15, 0.2) is 88.6 Å². The van der Waals surface area contributed by atoms with Crippen molar-refractivity contribution in [2.45, 2.75) is 26.7 Å². The Labute approximate surface area is 463 Å². The van der Waals surface area contributed by atoms with Crippen molar-refractivity contribution in [2.24, 2.45) is 0 Å². The fraction of sp³-hybridized carbons (Fsp3) is 0.0678. The summed E-state index contributed by atoms with van der Waals surface area (Å²) in [4.78, 5) is 4.91. The smallest absolute Gasteiger partial charge is 0.226 e. The molecule has 0 saturated carbocycles. The SMILES string of the molecule is C1=C[CH+]C(=C(c2ccccc2)c2ccccc2)C=C1.Cc1ccc([I+]c2ccc(C(C)C)cc2)cc1.[B]c1c(F)c(F)c(F)c(F)c1F.[B]c1c(F)c(F)c(F)c(F)c1F.[C-]#[N+]C(C#N)=c1c(F)c(F)c(=C(C#N)[N+]#[C-])c(F)c1F. The van der Waals surface area contributed by atoms with Gasteiger partial charge in [0, 0.05) is 41.9 Å². The van der Waals surface area contributed by atoms with Gasteiger partial charge in [0.05, 0.1) is 41.3 Å². The molecule has 0 aliphatic heterocycles. The van der Waals surface area contributed by atoms with E-state index in [0.29, 0.717) is 5.92 Å². The van der Waals surface area contributed by atoms with Gasteiger partial charge in [-0.15, -0.1) is 0 Å². The first-order valence-corrected chi connectivity index (χ1v) is 24.7. The summed E-state index contributed by atoms with van der Waals surface area (Å²) in [5.41, 5.74) is 2.69. The number of rotatable bonds is 5. The molecule has 4 nitrogen and oxygen atoms in total. The fourth-order valence-corrected chi connectivity index (χ4v) is 8.67. The zero-order chi connectivity index (χ0) is 59.5. The van der Waals surface area contributed by atoms with Gasteiger partial charge in [0.25, 0.3) is 11.4 Å². The van der Waals surface area contributed by atoms with Crippen LogP contribution in [0.15, 0.2) is 139 Å². The molecule has 0 aromatic heterocycles. The Hall–Kier alpha value is -8.79. The van der Waals surface area contributed by atoms with Crippen LogP contribution < -0.4 is 42.6 Å². The Bertz CT molecular complexity index is 3350. The maximum Gasteiger partial charge on any atom is 0.357 e. The molecule has 0 atom stereocenters. The van der Waals surface area contributed by atoms with Gasteiger partial charge >= 0.3 is 21.2 Å². The van der Waals surface area contributed by atoms with Crippen LogP contribution in [0.25, 0.3) is 26.7 Å². The third kappa shape index (κ3) is 15.7. The van der Waals surface area contributed by atoms with E-state index in [-0.39, 0.29) is 21.2 Å². The van der Waals surface area contributed by atoms with Gasteiger partial charge in [-0.3, -0.25) is 0 Å². The van der Waals surface area contributed by atoms with E-state index in [2.05, 4.69) is 186 Å². The van der Waals surface area contributed by atoms with E-state index in [1.165, 1.54) is 40.5 Å². The van der Waals surface area contributed by atoms with E-state index in [4.69, 9.17) is 23.7 Å². The van der Waals surface area contributed by atoms with E-state index in [1.54, 1.807) is 0 Å². The van der Waals surface area contributed by atoms with Gasteiger partial charge in [0.1, 0.15) is 21.3 Å². The van der Waals surface area contributed by atoms with E-state index in [1.807, 2.05) is 0 Å². The number of benzene rings is 7. The van der Waals surface area contributed by atoms with Crippen molar-refractivity contribution in [3.63, 3.8) is 0 Å². The molecule has 1 aliphatic rings. The van der Waals surface area contributed by atoms with Crippen molar-refractivity contribution in [2.75, 3.05) is 0 Å².